The van der Waals surface area contributed by atoms with Gasteiger partial charge in [0.15, 0.2) is 0 Å². The van der Waals surface area contributed by atoms with Crippen molar-refractivity contribution < 1.29 is 14.0 Å². The van der Waals surface area contributed by atoms with Crippen LogP contribution in [0.5, 0.6) is 0 Å². The molecule has 0 aliphatic rings. The van der Waals surface area contributed by atoms with Crippen LogP contribution in [0.25, 0.3) is 22.2 Å². The summed E-state index contributed by atoms with van der Waals surface area (Å²) in [5.41, 5.74) is 4.28. The molecule has 1 aromatic heterocycles. The van der Waals surface area contributed by atoms with Crippen LogP contribution in [0, 0.1) is 5.82 Å². The summed E-state index contributed by atoms with van der Waals surface area (Å²) >= 11 is 0. The highest BCUT2D eigenvalue weighted by Crippen LogP contribution is 2.27. The number of aromatic nitrogens is 2. The molecule has 0 fully saturated rings. The maximum Gasteiger partial charge on any atom is 0.255 e. The number of oxime groups is 1. The summed E-state index contributed by atoms with van der Waals surface area (Å²) in [6, 6.07) is 18.6. The van der Waals surface area contributed by atoms with E-state index in [4.69, 9.17) is 4.84 Å². The number of nitrogens with zero attached hydrogens (tertiary/aromatic N) is 2. The Kier molecular flexibility index (Phi) is 8.75. The van der Waals surface area contributed by atoms with E-state index in [1.807, 2.05) is 31.2 Å². The number of carbonyl (C=O) groups excluding carboxylic acids is 1. The molecular weight excluding hydrogens is 454 g/mol. The Bertz CT molecular complexity index is 1230. The quantitative estimate of drug-likeness (QED) is 0.272. The van der Waals surface area contributed by atoms with E-state index in [0.717, 1.165) is 27.7 Å². The summed E-state index contributed by atoms with van der Waals surface area (Å²) in [6.07, 6.45) is 1.65. The first-order valence-electron chi connectivity index (χ1n) is 9.45. The van der Waals surface area contributed by atoms with Crippen molar-refractivity contribution in [3.8, 4) is 11.3 Å². The Morgan fingerprint density at radius 1 is 1.12 bits per heavy atom. The number of anilines is 1. The molecule has 2 N–H and O–H groups in total. The molecule has 9 heteroatoms. The number of rotatable bonds is 6. The highest BCUT2D eigenvalue weighted by molar-refractivity contribution is 6.05. The predicted octanol–water partition coefficient (Wildman–Crippen LogP) is 5.84. The van der Waals surface area contributed by atoms with Crippen LogP contribution >= 0.6 is 24.8 Å². The lowest BCUT2D eigenvalue weighted by atomic mass is 10.0. The van der Waals surface area contributed by atoms with E-state index in [9.17, 15) is 9.18 Å². The van der Waals surface area contributed by atoms with Crippen molar-refractivity contribution in [3.63, 3.8) is 0 Å². The Morgan fingerprint density at radius 2 is 1.91 bits per heavy atom. The summed E-state index contributed by atoms with van der Waals surface area (Å²) in [4.78, 5) is 17.6. The first-order valence-corrected chi connectivity index (χ1v) is 9.45. The minimum atomic E-state index is -0.355. The highest BCUT2D eigenvalue weighted by atomic mass is 35.5. The molecule has 0 unspecified atom stereocenters. The van der Waals surface area contributed by atoms with E-state index < -0.39 is 0 Å². The number of hydrogen-bond donors (Lipinski definition) is 2. The van der Waals surface area contributed by atoms with Gasteiger partial charge in [0.2, 0.25) is 0 Å². The number of fused-ring (bicyclic) bond motifs is 1. The van der Waals surface area contributed by atoms with Gasteiger partial charge in [-0.3, -0.25) is 9.89 Å². The number of hydrogen-bond acceptors (Lipinski definition) is 4. The van der Waals surface area contributed by atoms with Crippen molar-refractivity contribution >= 4 is 53.5 Å². The number of carbonyl (C=O) groups is 1. The van der Waals surface area contributed by atoms with Gasteiger partial charge in [-0.1, -0.05) is 23.4 Å². The summed E-state index contributed by atoms with van der Waals surface area (Å²) in [6.45, 7) is 2.37. The van der Waals surface area contributed by atoms with Gasteiger partial charge in [0.25, 0.3) is 5.91 Å². The maximum absolute atomic E-state index is 13.1. The van der Waals surface area contributed by atoms with Crippen molar-refractivity contribution in [3.05, 3.63) is 83.7 Å². The second-order valence-electron chi connectivity index (χ2n) is 6.57. The maximum atomic E-state index is 13.1. The molecule has 0 atom stereocenters. The lowest BCUT2D eigenvalue weighted by Gasteiger charge is -2.07. The molecule has 0 bridgehead atoms. The third kappa shape index (κ3) is 5.63. The minimum absolute atomic E-state index is 0. The van der Waals surface area contributed by atoms with E-state index in [1.54, 1.807) is 24.4 Å². The van der Waals surface area contributed by atoms with Gasteiger partial charge in [0, 0.05) is 22.2 Å². The van der Waals surface area contributed by atoms with E-state index in [1.165, 1.54) is 24.3 Å². The number of aromatic amines is 1. The van der Waals surface area contributed by atoms with Crippen molar-refractivity contribution in [2.45, 2.75) is 6.92 Å². The molecule has 4 aromatic rings. The second-order valence-corrected chi connectivity index (χ2v) is 6.57. The van der Waals surface area contributed by atoms with Crippen molar-refractivity contribution in [2.24, 2.45) is 5.16 Å². The lowest BCUT2D eigenvalue weighted by molar-refractivity contribution is 0.102. The second kappa shape index (κ2) is 11.3. The minimum Gasteiger partial charge on any atom is -0.396 e. The first kappa shape index (κ1) is 24.8. The molecule has 0 radical (unpaired) electrons. The Balaban J connectivity index is 0.00000181. The number of benzene rings is 3. The fourth-order valence-electron chi connectivity index (χ4n) is 3.05. The van der Waals surface area contributed by atoms with Crippen LogP contribution in [0.3, 0.4) is 0 Å². The molecule has 0 spiro atoms. The number of nitrogens with one attached hydrogen (secondary N) is 2. The van der Waals surface area contributed by atoms with Crippen molar-refractivity contribution in [1.29, 1.82) is 0 Å². The van der Waals surface area contributed by atoms with Crippen molar-refractivity contribution in [1.82, 2.24) is 10.2 Å². The number of H-pyrrole nitrogens is 1. The van der Waals surface area contributed by atoms with E-state index in [0.29, 0.717) is 17.9 Å². The molecule has 6 nitrogen and oxygen atoms in total. The third-order valence-corrected chi connectivity index (χ3v) is 4.49. The Labute approximate surface area is 196 Å². The lowest BCUT2D eigenvalue weighted by Crippen LogP contribution is -2.11. The van der Waals surface area contributed by atoms with E-state index in [2.05, 4.69) is 20.7 Å². The van der Waals surface area contributed by atoms with Gasteiger partial charge in [-0.2, -0.15) is 5.10 Å². The number of amides is 1. The zero-order valence-electron chi connectivity index (χ0n) is 17.0. The molecule has 0 aliphatic carbocycles. The smallest absolute Gasteiger partial charge is 0.255 e. The van der Waals surface area contributed by atoms with Crippen LogP contribution in [0.15, 0.2) is 71.9 Å². The fourth-order valence-corrected chi connectivity index (χ4v) is 3.05. The molecule has 0 saturated heterocycles. The van der Waals surface area contributed by atoms with Gasteiger partial charge >= 0.3 is 0 Å². The zero-order chi connectivity index (χ0) is 20.9. The molecular formula is C23H21Cl2FN4O2. The van der Waals surface area contributed by atoms with Crippen LogP contribution in [0.4, 0.5) is 10.1 Å². The van der Waals surface area contributed by atoms with Crippen LogP contribution in [0.2, 0.25) is 0 Å². The molecule has 3 aromatic carbocycles. The molecule has 0 saturated carbocycles. The molecule has 0 aliphatic heterocycles. The normalized spacial score (nSPS) is 10.4. The van der Waals surface area contributed by atoms with Gasteiger partial charge in [0.1, 0.15) is 12.4 Å². The summed E-state index contributed by atoms with van der Waals surface area (Å²) < 4.78 is 13.1. The van der Waals surface area contributed by atoms with Crippen LogP contribution in [-0.2, 0) is 4.84 Å². The Hall–Kier alpha value is -3.42. The highest BCUT2D eigenvalue weighted by Gasteiger charge is 2.12. The molecule has 1 heterocycles. The summed E-state index contributed by atoms with van der Waals surface area (Å²) in [7, 11) is 0. The summed E-state index contributed by atoms with van der Waals surface area (Å²) in [5.74, 6) is -0.640. The third-order valence-electron chi connectivity index (χ3n) is 4.49. The van der Waals surface area contributed by atoms with Crippen LogP contribution in [0.1, 0.15) is 22.8 Å². The molecule has 4 rings (SSSR count). The topological polar surface area (TPSA) is 79.4 Å². The largest absolute Gasteiger partial charge is 0.396 e. The molecule has 1 amide bonds. The van der Waals surface area contributed by atoms with E-state index >= 15 is 0 Å². The van der Waals surface area contributed by atoms with Gasteiger partial charge in [-0.15, -0.1) is 24.8 Å². The molecule has 32 heavy (non-hydrogen) atoms. The van der Waals surface area contributed by atoms with E-state index in [-0.39, 0.29) is 36.5 Å². The fraction of sp³-hybridized carbons (Fsp3) is 0.0870. The van der Waals surface area contributed by atoms with Gasteiger partial charge < -0.3 is 10.2 Å². The van der Waals surface area contributed by atoms with Crippen LogP contribution in [-0.4, -0.2) is 28.9 Å². The monoisotopic (exact) mass is 474 g/mol. The average molecular weight is 475 g/mol. The van der Waals surface area contributed by atoms with Gasteiger partial charge in [-0.05, 0) is 61.0 Å². The average Bonchev–Trinajstić information content (AvgIpc) is 3.19. The first-order chi connectivity index (χ1) is 14.6. The van der Waals surface area contributed by atoms with Crippen molar-refractivity contribution in [2.75, 3.05) is 11.9 Å². The summed E-state index contributed by atoms with van der Waals surface area (Å²) in [5, 5.41) is 15.0. The SMILES string of the molecule is CCON=Cc1ccc2[nH]nc(-c3cccc(C(=O)Nc4ccc(F)cc4)c3)c2c1.Cl.Cl. The predicted molar refractivity (Wildman–Crippen MR) is 130 cm³/mol. The van der Waals surface area contributed by atoms with Gasteiger partial charge in [-0.25, -0.2) is 4.39 Å². The molecule has 166 valence electrons. The van der Waals surface area contributed by atoms with Gasteiger partial charge in [0.05, 0.1) is 17.4 Å². The zero-order valence-corrected chi connectivity index (χ0v) is 18.7. The Morgan fingerprint density at radius 3 is 2.66 bits per heavy atom. The standard InChI is InChI=1S/C23H19FN4O2.2ClH/c1-2-30-25-14-15-6-11-21-20(12-15)22(28-27-21)16-4-3-5-17(13-16)23(29)26-19-9-7-18(24)8-10-19;;/h3-14H,2H2,1H3,(H,26,29)(H,27,28);2*1H. The van der Waals surface area contributed by atoms with Crippen LogP contribution < -0.4 is 5.32 Å². The number of halogens is 3.